The minimum atomic E-state index is 0.115. The van der Waals surface area contributed by atoms with Gasteiger partial charge in [-0.15, -0.1) is 10.2 Å². The number of nitrogens with zero attached hydrogens (tertiary/aromatic N) is 2. The lowest BCUT2D eigenvalue weighted by atomic mass is 10.2. The molecule has 2 aromatic heterocycles. The smallest absolute Gasteiger partial charge is 0.251 e. The molecule has 0 aromatic carbocycles. The maximum Gasteiger partial charge on any atom is 0.251 e. The van der Waals surface area contributed by atoms with Crippen LogP contribution in [0, 0.1) is 13.8 Å². The summed E-state index contributed by atoms with van der Waals surface area (Å²) in [4.78, 5) is 0. The highest BCUT2D eigenvalue weighted by molar-refractivity contribution is 5.55. The van der Waals surface area contributed by atoms with Gasteiger partial charge in [-0.3, -0.25) is 0 Å². The fourth-order valence-electron chi connectivity index (χ4n) is 1.98. The minimum absolute atomic E-state index is 0.115. The van der Waals surface area contributed by atoms with Crippen LogP contribution in [0.25, 0.3) is 11.5 Å². The van der Waals surface area contributed by atoms with Crippen LogP contribution in [-0.2, 0) is 0 Å². The van der Waals surface area contributed by atoms with Gasteiger partial charge in [0, 0.05) is 0 Å². The number of aromatic nitrogens is 2. The van der Waals surface area contributed by atoms with Gasteiger partial charge in [-0.05, 0) is 32.9 Å². The van der Waals surface area contributed by atoms with Crippen molar-refractivity contribution >= 4 is 0 Å². The van der Waals surface area contributed by atoms with Gasteiger partial charge in [-0.25, -0.2) is 0 Å². The molecule has 0 radical (unpaired) electrons. The van der Waals surface area contributed by atoms with Crippen molar-refractivity contribution in [2.24, 2.45) is 0 Å². The Kier molecular flexibility index (Phi) is 3.81. The Balaban J connectivity index is 2.27. The lowest BCUT2D eigenvalue weighted by molar-refractivity contribution is 0.401. The highest BCUT2D eigenvalue weighted by atomic mass is 16.4. The van der Waals surface area contributed by atoms with Gasteiger partial charge in [-0.2, -0.15) is 0 Å². The quantitative estimate of drug-likeness (QED) is 0.882. The predicted octanol–water partition coefficient (Wildman–Crippen LogP) is 3.01. The van der Waals surface area contributed by atoms with E-state index in [4.69, 9.17) is 8.83 Å². The summed E-state index contributed by atoms with van der Waals surface area (Å²) in [6.07, 6.45) is 0.916. The molecule has 0 saturated carbocycles. The second-order valence-corrected chi connectivity index (χ2v) is 4.29. The summed E-state index contributed by atoms with van der Waals surface area (Å²) in [5.74, 6) is 2.81. The lowest BCUT2D eigenvalue weighted by Crippen LogP contribution is -2.20. The Morgan fingerprint density at radius 2 is 2.00 bits per heavy atom. The maximum absolute atomic E-state index is 5.72. The predicted molar refractivity (Wildman–Crippen MR) is 68.2 cm³/mol. The molecule has 1 atom stereocenters. The van der Waals surface area contributed by atoms with Gasteiger partial charge in [-0.1, -0.05) is 13.8 Å². The molecule has 0 spiro atoms. The summed E-state index contributed by atoms with van der Waals surface area (Å²) in [5, 5.41) is 11.5. The molecule has 0 fully saturated rings. The highest BCUT2D eigenvalue weighted by Crippen LogP contribution is 2.27. The number of nitrogens with one attached hydrogen (secondary N) is 1. The first-order valence-corrected chi connectivity index (χ1v) is 6.29. The molecule has 0 aliphatic heterocycles. The molecule has 1 N–H and O–H groups in total. The first-order chi connectivity index (χ1) is 8.65. The Morgan fingerprint density at radius 1 is 1.22 bits per heavy atom. The molecule has 0 aliphatic carbocycles. The summed E-state index contributed by atoms with van der Waals surface area (Å²) in [6, 6.07) is 2.03. The van der Waals surface area contributed by atoms with E-state index in [2.05, 4.69) is 29.4 Å². The van der Waals surface area contributed by atoms with Gasteiger partial charge < -0.3 is 14.2 Å². The molecule has 2 heterocycles. The lowest BCUT2D eigenvalue weighted by Gasteiger charge is -2.09. The second kappa shape index (κ2) is 5.35. The minimum Gasteiger partial charge on any atom is -0.466 e. The number of hydrogen-bond donors (Lipinski definition) is 1. The Bertz CT molecular complexity index is 516. The first-order valence-electron chi connectivity index (χ1n) is 6.29. The van der Waals surface area contributed by atoms with E-state index >= 15 is 0 Å². The van der Waals surface area contributed by atoms with Crippen molar-refractivity contribution in [2.45, 2.75) is 40.2 Å². The summed E-state index contributed by atoms with van der Waals surface area (Å²) < 4.78 is 11.2. The van der Waals surface area contributed by atoms with E-state index in [0.717, 1.165) is 30.0 Å². The van der Waals surface area contributed by atoms with E-state index in [-0.39, 0.29) is 6.04 Å². The Morgan fingerprint density at radius 3 is 2.56 bits per heavy atom. The van der Waals surface area contributed by atoms with Crippen LogP contribution < -0.4 is 5.32 Å². The molecule has 2 rings (SSSR count). The Labute approximate surface area is 107 Å². The van der Waals surface area contributed by atoms with Crippen LogP contribution in [0.15, 0.2) is 14.9 Å². The van der Waals surface area contributed by atoms with E-state index in [1.165, 1.54) is 0 Å². The van der Waals surface area contributed by atoms with Crippen molar-refractivity contribution in [2.75, 3.05) is 6.54 Å². The van der Waals surface area contributed by atoms with Crippen LogP contribution in [0.5, 0.6) is 0 Å². The summed E-state index contributed by atoms with van der Waals surface area (Å²) in [5.41, 5.74) is 0.873. The van der Waals surface area contributed by atoms with Crippen LogP contribution in [-0.4, -0.2) is 16.7 Å². The Hall–Kier alpha value is -1.62. The van der Waals surface area contributed by atoms with E-state index < -0.39 is 0 Å². The largest absolute Gasteiger partial charge is 0.466 e. The third-order valence-electron chi connectivity index (χ3n) is 2.87. The third-order valence-corrected chi connectivity index (χ3v) is 2.87. The van der Waals surface area contributed by atoms with E-state index in [1.54, 1.807) is 0 Å². The number of aryl methyl sites for hydroxylation is 2. The van der Waals surface area contributed by atoms with Crippen molar-refractivity contribution in [3.05, 3.63) is 23.5 Å². The molecular weight excluding hydrogens is 230 g/mol. The van der Waals surface area contributed by atoms with Crippen molar-refractivity contribution in [1.29, 1.82) is 0 Å². The zero-order valence-corrected chi connectivity index (χ0v) is 11.3. The molecule has 0 bridgehead atoms. The number of furan rings is 1. The van der Waals surface area contributed by atoms with Crippen LogP contribution in [0.3, 0.4) is 0 Å². The monoisotopic (exact) mass is 249 g/mol. The summed E-state index contributed by atoms with van der Waals surface area (Å²) in [6.45, 7) is 8.82. The van der Waals surface area contributed by atoms with Crippen molar-refractivity contribution < 1.29 is 8.83 Å². The summed E-state index contributed by atoms with van der Waals surface area (Å²) in [7, 11) is 0. The first kappa shape index (κ1) is 12.8. The van der Waals surface area contributed by atoms with E-state index in [9.17, 15) is 0 Å². The van der Waals surface area contributed by atoms with Gasteiger partial charge in [0.25, 0.3) is 5.89 Å². The normalized spacial score (nSPS) is 12.9. The molecule has 1 unspecified atom stereocenters. The summed E-state index contributed by atoms with van der Waals surface area (Å²) >= 11 is 0. The fraction of sp³-hybridized carbons (Fsp3) is 0.538. The van der Waals surface area contributed by atoms with Crippen molar-refractivity contribution in [3.8, 4) is 11.5 Å². The van der Waals surface area contributed by atoms with Crippen LogP contribution >= 0.6 is 0 Å². The fourth-order valence-corrected chi connectivity index (χ4v) is 1.98. The van der Waals surface area contributed by atoms with Crippen molar-refractivity contribution in [3.63, 3.8) is 0 Å². The van der Waals surface area contributed by atoms with Gasteiger partial charge >= 0.3 is 0 Å². The number of hydrogen-bond acceptors (Lipinski definition) is 5. The topological polar surface area (TPSA) is 64.1 Å². The molecule has 2 aromatic rings. The van der Waals surface area contributed by atoms with Gasteiger partial charge in [0.2, 0.25) is 5.89 Å². The van der Waals surface area contributed by atoms with Crippen LogP contribution in [0.1, 0.15) is 43.7 Å². The molecule has 5 nitrogen and oxygen atoms in total. The van der Waals surface area contributed by atoms with Gasteiger partial charge in [0.1, 0.15) is 11.5 Å². The molecular formula is C13H19N3O2. The van der Waals surface area contributed by atoms with Gasteiger partial charge in [0.15, 0.2) is 0 Å². The SMILES string of the molecule is CCNC(CC)c1nnc(-c2cc(C)oc2C)o1. The zero-order chi connectivity index (χ0) is 13.1. The highest BCUT2D eigenvalue weighted by Gasteiger charge is 2.19. The average Bonchev–Trinajstić information content (AvgIpc) is 2.92. The van der Waals surface area contributed by atoms with Crippen LogP contribution in [0.2, 0.25) is 0 Å². The standard InChI is InChI=1S/C13H19N3O2/c1-5-11(14-6-2)13-16-15-12(18-13)10-7-8(3)17-9(10)4/h7,11,14H,5-6H2,1-4H3. The van der Waals surface area contributed by atoms with E-state index in [1.807, 2.05) is 19.9 Å². The molecule has 5 heteroatoms. The average molecular weight is 249 g/mol. The van der Waals surface area contributed by atoms with Crippen LogP contribution in [0.4, 0.5) is 0 Å². The second-order valence-electron chi connectivity index (χ2n) is 4.29. The zero-order valence-electron chi connectivity index (χ0n) is 11.3. The molecule has 0 aliphatic rings. The van der Waals surface area contributed by atoms with Crippen molar-refractivity contribution in [1.82, 2.24) is 15.5 Å². The third kappa shape index (κ3) is 2.46. The molecule has 0 saturated heterocycles. The number of rotatable bonds is 5. The molecule has 18 heavy (non-hydrogen) atoms. The van der Waals surface area contributed by atoms with E-state index in [0.29, 0.717) is 11.8 Å². The molecule has 0 amide bonds. The van der Waals surface area contributed by atoms with Gasteiger partial charge in [0.05, 0.1) is 11.6 Å². The molecule has 98 valence electrons. The maximum atomic E-state index is 5.72.